The summed E-state index contributed by atoms with van der Waals surface area (Å²) in [6, 6.07) is 8.03. The number of hydrogen-bond donors (Lipinski definition) is 2. The molecule has 3 N–H and O–H groups in total. The molecule has 0 radical (unpaired) electrons. The Labute approximate surface area is 78.9 Å². The molecule has 1 aromatic rings. The van der Waals surface area contributed by atoms with Gasteiger partial charge in [0.05, 0.1) is 6.61 Å². The molecule has 72 valence electrons. The van der Waals surface area contributed by atoms with E-state index in [1.165, 1.54) is 0 Å². The van der Waals surface area contributed by atoms with Crippen LogP contribution >= 0.6 is 0 Å². The Morgan fingerprint density at radius 3 is 2.85 bits per heavy atom. The van der Waals surface area contributed by atoms with E-state index in [2.05, 4.69) is 5.32 Å². The molecule has 0 heterocycles. The molecule has 0 aliphatic heterocycles. The number of rotatable bonds is 5. The maximum absolute atomic E-state index is 5.58. The molecule has 3 nitrogen and oxygen atoms in total. The zero-order chi connectivity index (χ0) is 9.52. The Kier molecular flexibility index (Phi) is 4.29. The molecule has 0 spiro atoms. The van der Waals surface area contributed by atoms with E-state index in [9.17, 15) is 0 Å². The summed E-state index contributed by atoms with van der Waals surface area (Å²) < 4.78 is 4.94. The summed E-state index contributed by atoms with van der Waals surface area (Å²) in [5, 5.41) is 3.26. The van der Waals surface area contributed by atoms with Gasteiger partial charge in [-0.3, -0.25) is 0 Å². The number of methoxy groups -OCH3 is 1. The van der Waals surface area contributed by atoms with E-state index in [1.54, 1.807) is 7.11 Å². The Morgan fingerprint density at radius 1 is 1.38 bits per heavy atom. The van der Waals surface area contributed by atoms with Crippen molar-refractivity contribution in [2.75, 3.05) is 25.6 Å². The zero-order valence-electron chi connectivity index (χ0n) is 7.92. The number of benzene rings is 1. The lowest BCUT2D eigenvalue weighted by atomic mass is 10.2. The fraction of sp³-hybridized carbons (Fsp3) is 0.400. The smallest absolute Gasteiger partial charge is 0.0635 e. The number of nitrogens with two attached hydrogens (primary N) is 1. The van der Waals surface area contributed by atoms with E-state index in [0.717, 1.165) is 17.8 Å². The summed E-state index contributed by atoms with van der Waals surface area (Å²) in [5.41, 5.74) is 7.82. The van der Waals surface area contributed by atoms with Gasteiger partial charge in [-0.1, -0.05) is 18.2 Å². The Morgan fingerprint density at radius 2 is 2.15 bits per heavy atom. The zero-order valence-corrected chi connectivity index (χ0v) is 7.92. The van der Waals surface area contributed by atoms with Gasteiger partial charge in [0.25, 0.3) is 0 Å². The van der Waals surface area contributed by atoms with Gasteiger partial charge in [-0.2, -0.15) is 0 Å². The molecule has 0 atom stereocenters. The lowest BCUT2D eigenvalue weighted by molar-refractivity contribution is 0.211. The van der Waals surface area contributed by atoms with Crippen LogP contribution in [0.1, 0.15) is 5.56 Å². The molecule has 0 aliphatic carbocycles. The maximum Gasteiger partial charge on any atom is 0.0635 e. The predicted octanol–water partition coefficient (Wildman–Crippen LogP) is 1.20. The van der Waals surface area contributed by atoms with E-state index in [1.807, 2.05) is 24.3 Å². The van der Waals surface area contributed by atoms with Crippen LogP contribution < -0.4 is 11.1 Å². The highest BCUT2D eigenvalue weighted by molar-refractivity contribution is 5.50. The van der Waals surface area contributed by atoms with Crippen molar-refractivity contribution in [3.8, 4) is 0 Å². The van der Waals surface area contributed by atoms with E-state index in [4.69, 9.17) is 10.5 Å². The normalized spacial score (nSPS) is 10.0. The molecular weight excluding hydrogens is 164 g/mol. The van der Waals surface area contributed by atoms with Gasteiger partial charge in [0, 0.05) is 25.9 Å². The molecule has 0 saturated heterocycles. The monoisotopic (exact) mass is 180 g/mol. The number of nitrogens with one attached hydrogen (secondary N) is 1. The first kappa shape index (κ1) is 10.0. The van der Waals surface area contributed by atoms with Gasteiger partial charge in [0.15, 0.2) is 0 Å². The largest absolute Gasteiger partial charge is 0.383 e. The maximum atomic E-state index is 5.58. The molecule has 0 unspecified atom stereocenters. The molecule has 0 aromatic heterocycles. The third-order valence-electron chi connectivity index (χ3n) is 1.86. The van der Waals surface area contributed by atoms with Crippen molar-refractivity contribution in [3.05, 3.63) is 29.8 Å². The molecule has 0 aliphatic rings. The predicted molar refractivity (Wildman–Crippen MR) is 54.7 cm³/mol. The molecule has 0 bridgehead atoms. The molecule has 13 heavy (non-hydrogen) atoms. The molecule has 1 rings (SSSR count). The van der Waals surface area contributed by atoms with Gasteiger partial charge in [-0.25, -0.2) is 0 Å². The first-order valence-electron chi connectivity index (χ1n) is 4.39. The first-order chi connectivity index (χ1) is 6.38. The molecular formula is C10H16N2O. The molecule has 1 aromatic carbocycles. The van der Waals surface area contributed by atoms with E-state index in [-0.39, 0.29) is 0 Å². The van der Waals surface area contributed by atoms with Crippen LogP contribution in [-0.2, 0) is 11.3 Å². The summed E-state index contributed by atoms with van der Waals surface area (Å²) in [6.07, 6.45) is 0. The number of anilines is 1. The van der Waals surface area contributed by atoms with E-state index in [0.29, 0.717) is 13.2 Å². The topological polar surface area (TPSA) is 47.3 Å². The standard InChI is InChI=1S/C10H16N2O/c1-13-7-6-12-10-5-3-2-4-9(10)8-11/h2-5,12H,6-8,11H2,1H3. The third-order valence-corrected chi connectivity index (χ3v) is 1.86. The highest BCUT2D eigenvalue weighted by atomic mass is 16.5. The highest BCUT2D eigenvalue weighted by Gasteiger charge is 1.97. The van der Waals surface area contributed by atoms with Crippen molar-refractivity contribution in [2.24, 2.45) is 5.73 Å². The summed E-state index contributed by atoms with van der Waals surface area (Å²) in [5.74, 6) is 0. The summed E-state index contributed by atoms with van der Waals surface area (Å²) in [4.78, 5) is 0. The van der Waals surface area contributed by atoms with Crippen LogP contribution in [-0.4, -0.2) is 20.3 Å². The fourth-order valence-corrected chi connectivity index (χ4v) is 1.16. The van der Waals surface area contributed by atoms with Crippen LogP contribution in [0.25, 0.3) is 0 Å². The van der Waals surface area contributed by atoms with Gasteiger partial charge in [0.1, 0.15) is 0 Å². The van der Waals surface area contributed by atoms with Crippen LogP contribution in [0.4, 0.5) is 5.69 Å². The van der Waals surface area contributed by atoms with Gasteiger partial charge in [0.2, 0.25) is 0 Å². The van der Waals surface area contributed by atoms with Gasteiger partial charge in [-0.15, -0.1) is 0 Å². The van der Waals surface area contributed by atoms with Crippen molar-refractivity contribution in [1.29, 1.82) is 0 Å². The van der Waals surface area contributed by atoms with Gasteiger partial charge < -0.3 is 15.8 Å². The molecule has 0 saturated carbocycles. The van der Waals surface area contributed by atoms with Crippen LogP contribution in [0.15, 0.2) is 24.3 Å². The number of hydrogen-bond acceptors (Lipinski definition) is 3. The summed E-state index contributed by atoms with van der Waals surface area (Å²) in [7, 11) is 1.69. The first-order valence-corrected chi connectivity index (χ1v) is 4.39. The summed E-state index contributed by atoms with van der Waals surface area (Å²) >= 11 is 0. The quantitative estimate of drug-likeness (QED) is 0.669. The average Bonchev–Trinajstić information content (AvgIpc) is 2.19. The Balaban J connectivity index is 2.54. The van der Waals surface area contributed by atoms with Crippen molar-refractivity contribution in [2.45, 2.75) is 6.54 Å². The highest BCUT2D eigenvalue weighted by Crippen LogP contribution is 2.13. The van der Waals surface area contributed by atoms with Crippen molar-refractivity contribution in [3.63, 3.8) is 0 Å². The van der Waals surface area contributed by atoms with Gasteiger partial charge in [-0.05, 0) is 11.6 Å². The van der Waals surface area contributed by atoms with Crippen molar-refractivity contribution >= 4 is 5.69 Å². The van der Waals surface area contributed by atoms with Crippen LogP contribution in [0.5, 0.6) is 0 Å². The second-order valence-corrected chi connectivity index (χ2v) is 2.78. The lowest BCUT2D eigenvalue weighted by Crippen LogP contribution is -2.10. The lowest BCUT2D eigenvalue weighted by Gasteiger charge is -2.09. The van der Waals surface area contributed by atoms with E-state index >= 15 is 0 Å². The van der Waals surface area contributed by atoms with Gasteiger partial charge >= 0.3 is 0 Å². The Hall–Kier alpha value is -1.06. The van der Waals surface area contributed by atoms with Crippen molar-refractivity contribution in [1.82, 2.24) is 0 Å². The number of ether oxygens (including phenoxy) is 1. The minimum Gasteiger partial charge on any atom is -0.383 e. The van der Waals surface area contributed by atoms with Crippen molar-refractivity contribution < 1.29 is 4.74 Å². The molecule has 0 amide bonds. The van der Waals surface area contributed by atoms with Crippen LogP contribution in [0.2, 0.25) is 0 Å². The Bertz CT molecular complexity index is 250. The molecule has 0 fully saturated rings. The minimum absolute atomic E-state index is 0.566. The second kappa shape index (κ2) is 5.56. The number of para-hydroxylation sites is 1. The van der Waals surface area contributed by atoms with Crippen LogP contribution in [0, 0.1) is 0 Å². The SMILES string of the molecule is COCCNc1ccccc1CN. The molecule has 3 heteroatoms. The average molecular weight is 180 g/mol. The second-order valence-electron chi connectivity index (χ2n) is 2.78. The fourth-order valence-electron chi connectivity index (χ4n) is 1.16. The minimum atomic E-state index is 0.566. The summed E-state index contributed by atoms with van der Waals surface area (Å²) in [6.45, 7) is 2.09. The third kappa shape index (κ3) is 3.05. The van der Waals surface area contributed by atoms with Crippen LogP contribution in [0.3, 0.4) is 0 Å². The van der Waals surface area contributed by atoms with E-state index < -0.39 is 0 Å².